The van der Waals surface area contributed by atoms with E-state index >= 15 is 0 Å². The topological polar surface area (TPSA) is 90.2 Å². The number of anilines is 1. The second-order valence-electron chi connectivity index (χ2n) is 6.62. The second-order valence-corrected chi connectivity index (χ2v) is 8.51. The van der Waals surface area contributed by atoms with Crippen LogP contribution >= 0.6 is 0 Å². The zero-order chi connectivity index (χ0) is 17.2. The van der Waals surface area contributed by atoms with Gasteiger partial charge in [-0.05, 0) is 32.1 Å². The van der Waals surface area contributed by atoms with Crippen LogP contribution in [0.2, 0.25) is 0 Å². The summed E-state index contributed by atoms with van der Waals surface area (Å²) < 4.78 is 26.3. The molecule has 8 heteroatoms. The van der Waals surface area contributed by atoms with Gasteiger partial charge in [0.25, 0.3) is 0 Å². The molecule has 0 N–H and O–H groups in total. The fourth-order valence-corrected chi connectivity index (χ4v) is 5.09. The molecule has 7 nitrogen and oxygen atoms in total. The van der Waals surface area contributed by atoms with Crippen molar-refractivity contribution in [3.8, 4) is 6.07 Å². The maximum atomic E-state index is 12.3. The lowest BCUT2D eigenvalue weighted by Crippen LogP contribution is -2.49. The quantitative estimate of drug-likeness (QED) is 0.819. The number of hydrogen-bond acceptors (Lipinski definition) is 6. The van der Waals surface area contributed by atoms with Gasteiger partial charge in [-0.1, -0.05) is 6.42 Å². The van der Waals surface area contributed by atoms with Gasteiger partial charge < -0.3 is 4.90 Å². The Bertz CT molecular complexity index is 709. The molecule has 1 saturated heterocycles. The minimum absolute atomic E-state index is 0.0710. The van der Waals surface area contributed by atoms with Crippen LogP contribution in [0, 0.1) is 11.3 Å². The molecule has 3 rings (SSSR count). The molecule has 2 fully saturated rings. The van der Waals surface area contributed by atoms with Gasteiger partial charge in [0.15, 0.2) is 5.69 Å². The van der Waals surface area contributed by atoms with E-state index in [0.29, 0.717) is 5.69 Å². The molecule has 2 heterocycles. The Labute approximate surface area is 143 Å². The maximum Gasteiger partial charge on any atom is 0.211 e. The predicted octanol–water partition coefficient (Wildman–Crippen LogP) is 1.52. The van der Waals surface area contributed by atoms with Crippen molar-refractivity contribution in [2.45, 2.75) is 50.6 Å². The Balaban J connectivity index is 1.70. The van der Waals surface area contributed by atoms with E-state index in [1.165, 1.54) is 12.5 Å². The summed E-state index contributed by atoms with van der Waals surface area (Å²) in [4.78, 5) is 10.5. The SMILES string of the molecule is CS(=O)(=O)N(C1CCC1)[C@H]1CCCN(c2cnc(C#N)cn2)CC1. The summed E-state index contributed by atoms with van der Waals surface area (Å²) in [6.07, 6.45) is 10.1. The van der Waals surface area contributed by atoms with Crippen molar-refractivity contribution in [3.05, 3.63) is 18.1 Å². The number of sulfonamides is 1. The van der Waals surface area contributed by atoms with Crippen LogP contribution in [0.25, 0.3) is 0 Å². The third kappa shape index (κ3) is 3.68. The van der Waals surface area contributed by atoms with Crippen LogP contribution in [0.3, 0.4) is 0 Å². The zero-order valence-electron chi connectivity index (χ0n) is 13.9. The number of aromatic nitrogens is 2. The first kappa shape index (κ1) is 17.1. The van der Waals surface area contributed by atoms with Crippen molar-refractivity contribution < 1.29 is 8.42 Å². The van der Waals surface area contributed by atoms with Gasteiger partial charge in [0.05, 0.1) is 18.6 Å². The van der Waals surface area contributed by atoms with Crippen LogP contribution in [0.5, 0.6) is 0 Å². The van der Waals surface area contributed by atoms with Crippen LogP contribution in [0.15, 0.2) is 12.4 Å². The minimum Gasteiger partial charge on any atom is -0.355 e. The van der Waals surface area contributed by atoms with Crippen LogP contribution in [-0.2, 0) is 10.0 Å². The standard InChI is InChI=1S/C16H23N5O2S/c1-24(22,23)21(14-4-2-5-14)15-6-3-8-20(9-7-15)16-12-18-13(10-17)11-19-16/h11-12,14-15H,2-9H2,1H3/t15-/m0/s1. The summed E-state index contributed by atoms with van der Waals surface area (Å²) in [5.41, 5.74) is 0.305. The largest absolute Gasteiger partial charge is 0.355 e. The van der Waals surface area contributed by atoms with Gasteiger partial charge >= 0.3 is 0 Å². The van der Waals surface area contributed by atoms with E-state index in [4.69, 9.17) is 5.26 Å². The van der Waals surface area contributed by atoms with Gasteiger partial charge in [-0.15, -0.1) is 0 Å². The highest BCUT2D eigenvalue weighted by Crippen LogP contribution is 2.32. The number of hydrogen-bond donors (Lipinski definition) is 0. The Morgan fingerprint density at radius 2 is 1.83 bits per heavy atom. The smallest absolute Gasteiger partial charge is 0.211 e. The second kappa shape index (κ2) is 7.03. The molecule has 1 aliphatic carbocycles. The van der Waals surface area contributed by atoms with Gasteiger partial charge in [0.2, 0.25) is 10.0 Å². The number of nitriles is 1. The molecule has 1 aromatic heterocycles. The Hall–Kier alpha value is -1.72. The van der Waals surface area contributed by atoms with Crippen LogP contribution in [-0.4, -0.2) is 54.1 Å². The molecular formula is C16H23N5O2S. The van der Waals surface area contributed by atoms with Gasteiger partial charge in [-0.25, -0.2) is 18.4 Å². The zero-order valence-corrected chi connectivity index (χ0v) is 14.7. The average Bonchev–Trinajstić information content (AvgIpc) is 2.75. The molecule has 0 spiro atoms. The molecule has 0 bridgehead atoms. The van der Waals surface area contributed by atoms with E-state index in [1.54, 1.807) is 10.5 Å². The van der Waals surface area contributed by atoms with E-state index in [9.17, 15) is 8.42 Å². The minimum atomic E-state index is -3.18. The van der Waals surface area contributed by atoms with E-state index in [1.807, 2.05) is 6.07 Å². The summed E-state index contributed by atoms with van der Waals surface area (Å²) in [6, 6.07) is 2.23. The normalized spacial score (nSPS) is 22.7. The summed E-state index contributed by atoms with van der Waals surface area (Å²) >= 11 is 0. The van der Waals surface area contributed by atoms with Crippen LogP contribution < -0.4 is 4.90 Å². The van der Waals surface area contributed by atoms with Crippen molar-refractivity contribution in [1.29, 1.82) is 5.26 Å². The van der Waals surface area contributed by atoms with E-state index in [2.05, 4.69) is 14.9 Å². The van der Waals surface area contributed by atoms with Gasteiger partial charge in [0.1, 0.15) is 11.9 Å². The summed E-state index contributed by atoms with van der Waals surface area (Å²) in [5, 5.41) is 8.81. The Morgan fingerprint density at radius 3 is 2.38 bits per heavy atom. The number of nitrogens with zero attached hydrogens (tertiary/aromatic N) is 5. The molecule has 1 saturated carbocycles. The molecular weight excluding hydrogens is 326 g/mol. The van der Waals surface area contributed by atoms with Crippen LogP contribution in [0.1, 0.15) is 44.2 Å². The highest BCUT2D eigenvalue weighted by atomic mass is 32.2. The lowest BCUT2D eigenvalue weighted by Gasteiger charge is -2.40. The van der Waals surface area contributed by atoms with E-state index in [0.717, 1.165) is 57.4 Å². The molecule has 1 aromatic rings. The first-order valence-corrected chi connectivity index (χ1v) is 10.3. The molecule has 0 amide bonds. The Kier molecular flexibility index (Phi) is 5.01. The van der Waals surface area contributed by atoms with Gasteiger partial charge in [-0.3, -0.25) is 0 Å². The maximum absolute atomic E-state index is 12.3. The summed E-state index contributed by atoms with van der Waals surface area (Å²) in [5.74, 6) is 0.754. The lowest BCUT2D eigenvalue weighted by atomic mass is 9.91. The van der Waals surface area contributed by atoms with Crippen molar-refractivity contribution in [2.24, 2.45) is 0 Å². The van der Waals surface area contributed by atoms with E-state index in [-0.39, 0.29) is 12.1 Å². The fourth-order valence-electron chi connectivity index (χ4n) is 3.59. The third-order valence-corrected chi connectivity index (χ3v) is 6.31. The van der Waals surface area contributed by atoms with Gasteiger partial charge in [-0.2, -0.15) is 9.57 Å². The monoisotopic (exact) mass is 349 g/mol. The van der Waals surface area contributed by atoms with Gasteiger partial charge in [0, 0.05) is 25.2 Å². The molecule has 2 aliphatic rings. The van der Waals surface area contributed by atoms with E-state index < -0.39 is 10.0 Å². The summed E-state index contributed by atoms with van der Waals surface area (Å²) in [6.45, 7) is 1.59. The average molecular weight is 349 g/mol. The molecule has 1 atom stereocenters. The lowest BCUT2D eigenvalue weighted by molar-refractivity contribution is 0.164. The molecule has 0 unspecified atom stereocenters. The van der Waals surface area contributed by atoms with Crippen molar-refractivity contribution in [3.63, 3.8) is 0 Å². The Morgan fingerprint density at radius 1 is 1.12 bits per heavy atom. The van der Waals surface area contributed by atoms with Crippen molar-refractivity contribution in [2.75, 3.05) is 24.2 Å². The molecule has 0 aromatic carbocycles. The highest BCUT2D eigenvalue weighted by molar-refractivity contribution is 7.88. The van der Waals surface area contributed by atoms with Crippen molar-refractivity contribution >= 4 is 15.8 Å². The first-order chi connectivity index (χ1) is 11.5. The number of rotatable bonds is 4. The summed E-state index contributed by atoms with van der Waals surface area (Å²) in [7, 11) is -3.18. The molecule has 1 aliphatic heterocycles. The highest BCUT2D eigenvalue weighted by Gasteiger charge is 2.37. The molecule has 130 valence electrons. The molecule has 24 heavy (non-hydrogen) atoms. The molecule has 0 radical (unpaired) electrons. The van der Waals surface area contributed by atoms with Crippen molar-refractivity contribution in [1.82, 2.24) is 14.3 Å². The van der Waals surface area contributed by atoms with Crippen LogP contribution in [0.4, 0.5) is 5.82 Å². The fraction of sp³-hybridized carbons (Fsp3) is 0.688. The predicted molar refractivity (Wildman–Crippen MR) is 90.9 cm³/mol. The third-order valence-electron chi connectivity index (χ3n) is 4.95. The first-order valence-electron chi connectivity index (χ1n) is 8.44.